The van der Waals surface area contributed by atoms with Gasteiger partial charge in [-0.05, 0) is 62.7 Å². The van der Waals surface area contributed by atoms with E-state index in [2.05, 4.69) is 25.5 Å². The monoisotopic (exact) mass is 450 g/mol. The lowest BCUT2D eigenvalue weighted by Crippen LogP contribution is -2.16. The lowest BCUT2D eigenvalue weighted by molar-refractivity contribution is 0.586. The molecule has 9 heteroatoms. The lowest BCUT2D eigenvalue weighted by Gasteiger charge is -2.23. The molecule has 0 aliphatic carbocycles. The van der Waals surface area contributed by atoms with E-state index in [-0.39, 0.29) is 5.75 Å². The highest BCUT2D eigenvalue weighted by Gasteiger charge is 2.19. The quantitative estimate of drug-likeness (QED) is 0.427. The minimum absolute atomic E-state index is 0.00912. The Bertz CT molecular complexity index is 1350. The van der Waals surface area contributed by atoms with Crippen LogP contribution in [0.1, 0.15) is 25.1 Å². The smallest absolute Gasteiger partial charge is 0.236 e. The first kappa shape index (κ1) is 21.8. The molecule has 2 heterocycles. The van der Waals surface area contributed by atoms with Gasteiger partial charge >= 0.3 is 0 Å². The summed E-state index contributed by atoms with van der Waals surface area (Å²) in [5.74, 6) is 1.19. The van der Waals surface area contributed by atoms with Crippen LogP contribution in [0.2, 0.25) is 0 Å². The number of hydrogen-bond donors (Lipinski definition) is 2. The van der Waals surface area contributed by atoms with Crippen molar-refractivity contribution < 1.29 is 8.42 Å². The molecule has 0 aliphatic heterocycles. The van der Waals surface area contributed by atoms with Crippen LogP contribution in [0.4, 0.5) is 23.1 Å². The fraction of sp³-hybridized carbons (Fsp3) is 0.261. The molecule has 8 nitrogen and oxygen atoms in total. The Morgan fingerprint density at radius 1 is 1.06 bits per heavy atom. The summed E-state index contributed by atoms with van der Waals surface area (Å²) in [6.07, 6.45) is 1.70. The second-order valence-corrected chi connectivity index (χ2v) is 10.5. The number of aryl methyl sites for hydroxylation is 1. The van der Waals surface area contributed by atoms with Gasteiger partial charge in [0.25, 0.3) is 0 Å². The van der Waals surface area contributed by atoms with E-state index in [1.807, 2.05) is 54.3 Å². The average molecular weight is 451 g/mol. The number of H-pyrrole nitrogens is 1. The van der Waals surface area contributed by atoms with Gasteiger partial charge in [-0.1, -0.05) is 12.1 Å². The molecule has 2 N–H and O–H groups in total. The molecule has 2 aromatic carbocycles. The van der Waals surface area contributed by atoms with Crippen molar-refractivity contribution in [3.63, 3.8) is 0 Å². The van der Waals surface area contributed by atoms with Gasteiger partial charge in [-0.3, -0.25) is 10.00 Å². The van der Waals surface area contributed by atoms with Gasteiger partial charge in [-0.15, -0.1) is 0 Å². The molecule has 0 atom stereocenters. The topological polar surface area (TPSA) is 104 Å². The highest BCUT2D eigenvalue weighted by molar-refractivity contribution is 7.91. The van der Waals surface area contributed by atoms with Crippen LogP contribution in [0.5, 0.6) is 0 Å². The van der Waals surface area contributed by atoms with Gasteiger partial charge in [-0.25, -0.2) is 13.4 Å². The third kappa shape index (κ3) is 4.29. The summed E-state index contributed by atoms with van der Waals surface area (Å²) < 4.78 is 24.6. The van der Waals surface area contributed by atoms with Gasteiger partial charge in [-0.2, -0.15) is 10.1 Å². The summed E-state index contributed by atoms with van der Waals surface area (Å²) in [7, 11) is -1.37. The van der Waals surface area contributed by atoms with E-state index >= 15 is 0 Å². The van der Waals surface area contributed by atoms with Gasteiger partial charge in [0.1, 0.15) is 5.82 Å². The molecule has 0 saturated heterocycles. The molecule has 166 valence electrons. The summed E-state index contributed by atoms with van der Waals surface area (Å²) in [6, 6.07) is 15.2. The second-order valence-electron chi connectivity index (χ2n) is 7.90. The van der Waals surface area contributed by atoms with Crippen LogP contribution >= 0.6 is 0 Å². The molecule has 4 aromatic rings. The number of aromatic amines is 1. The summed E-state index contributed by atoms with van der Waals surface area (Å²) >= 11 is 0. The summed E-state index contributed by atoms with van der Waals surface area (Å²) in [6.45, 7) is 5.38. The highest BCUT2D eigenvalue weighted by Crippen LogP contribution is 2.34. The molecule has 0 bridgehead atoms. The molecule has 0 spiro atoms. The molecule has 32 heavy (non-hydrogen) atoms. The minimum atomic E-state index is -3.18. The maximum Gasteiger partial charge on any atom is 0.236 e. The molecule has 0 saturated carbocycles. The molecule has 0 unspecified atom stereocenters. The van der Waals surface area contributed by atoms with Crippen molar-refractivity contribution in [1.82, 2.24) is 20.2 Å². The third-order valence-electron chi connectivity index (χ3n) is 5.37. The first-order valence-corrected chi connectivity index (χ1v) is 12.1. The van der Waals surface area contributed by atoms with Crippen molar-refractivity contribution in [1.29, 1.82) is 0 Å². The van der Waals surface area contributed by atoms with Gasteiger partial charge in [0, 0.05) is 30.0 Å². The number of sulfone groups is 1. The van der Waals surface area contributed by atoms with E-state index in [4.69, 9.17) is 0 Å². The zero-order valence-electron chi connectivity index (χ0n) is 18.5. The molecular formula is C23H26N6O2S. The molecule has 2 aromatic heterocycles. The van der Waals surface area contributed by atoms with E-state index in [1.54, 1.807) is 33.2 Å². The van der Waals surface area contributed by atoms with Crippen LogP contribution in [-0.4, -0.2) is 40.9 Å². The lowest BCUT2D eigenvalue weighted by atomic mass is 10.1. The molecular weight excluding hydrogens is 424 g/mol. The summed E-state index contributed by atoms with van der Waals surface area (Å²) in [5.41, 5.74) is 4.25. The van der Waals surface area contributed by atoms with Crippen molar-refractivity contribution in [2.75, 3.05) is 17.3 Å². The Kier molecular flexibility index (Phi) is 5.84. The number of aromatic nitrogens is 4. The van der Waals surface area contributed by atoms with E-state index < -0.39 is 15.1 Å². The number of fused-ring (bicyclic) bond motifs is 1. The van der Waals surface area contributed by atoms with Crippen LogP contribution in [0.25, 0.3) is 10.9 Å². The first-order valence-electron chi connectivity index (χ1n) is 10.3. The zero-order valence-corrected chi connectivity index (χ0v) is 19.3. The van der Waals surface area contributed by atoms with Crippen molar-refractivity contribution in [2.45, 2.75) is 31.8 Å². The van der Waals surface area contributed by atoms with Crippen molar-refractivity contribution >= 4 is 43.9 Å². The second kappa shape index (κ2) is 8.58. The summed E-state index contributed by atoms with van der Waals surface area (Å²) in [4.78, 5) is 11.0. The molecule has 0 fully saturated rings. The van der Waals surface area contributed by atoms with E-state index in [0.717, 1.165) is 33.5 Å². The first-order chi connectivity index (χ1) is 15.3. The third-order valence-corrected chi connectivity index (χ3v) is 7.54. The Morgan fingerprint density at radius 2 is 1.78 bits per heavy atom. The fourth-order valence-electron chi connectivity index (χ4n) is 3.39. The van der Waals surface area contributed by atoms with Crippen LogP contribution in [0.15, 0.2) is 54.7 Å². The fourth-order valence-corrected chi connectivity index (χ4v) is 4.38. The molecule has 0 amide bonds. The van der Waals surface area contributed by atoms with Gasteiger partial charge in [0.2, 0.25) is 5.95 Å². The molecule has 0 radical (unpaired) electrons. The summed E-state index contributed by atoms with van der Waals surface area (Å²) in [5, 5.41) is 11.1. The average Bonchev–Trinajstić information content (AvgIpc) is 3.15. The number of rotatable bonds is 7. The maximum atomic E-state index is 12.3. The van der Waals surface area contributed by atoms with Crippen LogP contribution in [0.3, 0.4) is 0 Å². The van der Waals surface area contributed by atoms with E-state index in [1.165, 1.54) is 0 Å². The van der Waals surface area contributed by atoms with Crippen LogP contribution < -0.4 is 10.2 Å². The Hall–Kier alpha value is -3.46. The van der Waals surface area contributed by atoms with Gasteiger partial charge < -0.3 is 5.32 Å². The normalized spacial score (nSPS) is 11.8. The minimum Gasteiger partial charge on any atom is -0.373 e. The SMILES string of the molecule is CNc1ccnc(N(c2ccc(CS(=O)(=O)C(C)C)cc2)c2ccc3c(C)[nH]nc3c2)n1. The number of nitrogens with one attached hydrogen (secondary N) is 2. The number of nitrogens with zero attached hydrogens (tertiary/aromatic N) is 4. The number of hydrogen-bond acceptors (Lipinski definition) is 7. The van der Waals surface area contributed by atoms with Gasteiger partial charge in [0.05, 0.1) is 22.2 Å². The molecule has 0 aliphatic rings. The Morgan fingerprint density at radius 3 is 2.47 bits per heavy atom. The predicted octanol–water partition coefficient (Wildman–Crippen LogP) is 4.50. The number of anilines is 4. The standard InChI is InChI=1S/C23H26N6O2S/c1-15(2)32(30,31)14-17-5-7-18(8-6-17)29(23-25-12-11-22(24-4)26-23)19-9-10-20-16(3)27-28-21(20)13-19/h5-13,15H,14H2,1-4H3,(H,27,28)(H,24,25,26). The van der Waals surface area contributed by atoms with Crippen molar-refractivity contribution in [2.24, 2.45) is 0 Å². The van der Waals surface area contributed by atoms with Gasteiger partial charge in [0.15, 0.2) is 9.84 Å². The van der Waals surface area contributed by atoms with Crippen molar-refractivity contribution in [3.8, 4) is 0 Å². The molecule has 4 rings (SSSR count). The number of benzene rings is 2. The predicted molar refractivity (Wildman–Crippen MR) is 128 cm³/mol. The zero-order chi connectivity index (χ0) is 22.9. The maximum absolute atomic E-state index is 12.3. The van der Waals surface area contributed by atoms with Crippen LogP contribution in [-0.2, 0) is 15.6 Å². The van der Waals surface area contributed by atoms with E-state index in [0.29, 0.717) is 11.8 Å². The highest BCUT2D eigenvalue weighted by atomic mass is 32.2. The van der Waals surface area contributed by atoms with E-state index in [9.17, 15) is 8.42 Å². The Balaban J connectivity index is 1.78. The Labute approximate surface area is 187 Å². The van der Waals surface area contributed by atoms with Crippen molar-refractivity contribution in [3.05, 3.63) is 66.0 Å². The van der Waals surface area contributed by atoms with Crippen LogP contribution in [0, 0.1) is 6.92 Å². The largest absolute Gasteiger partial charge is 0.373 e.